The van der Waals surface area contributed by atoms with Gasteiger partial charge in [-0.15, -0.1) is 11.3 Å². The fraction of sp³-hybridized carbons (Fsp3) is 0. The van der Waals surface area contributed by atoms with Crippen LogP contribution in [0.5, 0.6) is 0 Å². The summed E-state index contributed by atoms with van der Waals surface area (Å²) in [5, 5.41) is 6.50. The lowest BCUT2D eigenvalue weighted by Gasteiger charge is -2.12. The van der Waals surface area contributed by atoms with Crippen molar-refractivity contribution in [3.63, 3.8) is 0 Å². The van der Waals surface area contributed by atoms with Crippen molar-refractivity contribution in [1.29, 1.82) is 0 Å². The maximum Gasteiger partial charge on any atom is 0.235 e. The SMILES string of the molecule is c1ccc(-c2nc(-n3c4ccc(-c5ccc6c(c5)c5ccccc5n6-c5ccccc5)cc4c4c5nccnc5c5c6ncccc6sc5c43)nc3ccccc23)cc1. The summed E-state index contributed by atoms with van der Waals surface area (Å²) in [6.45, 7) is 0. The lowest BCUT2D eigenvalue weighted by Crippen LogP contribution is -2.03. The zero-order valence-electron chi connectivity index (χ0n) is 31.3. The van der Waals surface area contributed by atoms with Gasteiger partial charge in [0.25, 0.3) is 0 Å². The maximum absolute atomic E-state index is 5.43. The second-order valence-electron chi connectivity index (χ2n) is 14.9. The molecule has 0 saturated heterocycles. The van der Waals surface area contributed by atoms with Gasteiger partial charge in [-0.3, -0.25) is 19.5 Å². The average molecular weight is 772 g/mol. The predicted molar refractivity (Wildman–Crippen MR) is 243 cm³/mol. The Hall–Kier alpha value is -7.81. The van der Waals surface area contributed by atoms with E-state index in [1.54, 1.807) is 23.7 Å². The van der Waals surface area contributed by atoms with Crippen LogP contribution in [0.2, 0.25) is 0 Å². The van der Waals surface area contributed by atoms with E-state index in [1.807, 2.05) is 24.4 Å². The Morgan fingerprint density at radius 1 is 0.424 bits per heavy atom. The maximum atomic E-state index is 5.43. The van der Waals surface area contributed by atoms with Crippen molar-refractivity contribution in [2.45, 2.75) is 0 Å². The van der Waals surface area contributed by atoms with E-state index >= 15 is 0 Å². The van der Waals surface area contributed by atoms with Gasteiger partial charge in [-0.1, -0.05) is 97.1 Å². The first-order valence-corrected chi connectivity index (χ1v) is 20.4. The number of hydrogen-bond acceptors (Lipinski definition) is 6. The van der Waals surface area contributed by atoms with Crippen molar-refractivity contribution in [2.75, 3.05) is 0 Å². The van der Waals surface area contributed by atoms with Crippen LogP contribution in [-0.4, -0.2) is 34.1 Å². The highest BCUT2D eigenvalue weighted by molar-refractivity contribution is 7.26. The van der Waals surface area contributed by atoms with Crippen molar-refractivity contribution in [3.8, 4) is 34.0 Å². The fourth-order valence-electron chi connectivity index (χ4n) is 9.14. The molecule has 0 radical (unpaired) electrons. The summed E-state index contributed by atoms with van der Waals surface area (Å²) in [7, 11) is 0. The van der Waals surface area contributed by atoms with Crippen LogP contribution in [0.15, 0.2) is 176 Å². The number of hydrogen-bond donors (Lipinski definition) is 0. The molecule has 0 unspecified atom stereocenters. The molecule has 0 saturated carbocycles. The largest absolute Gasteiger partial charge is 0.309 e. The molecule has 6 heterocycles. The average Bonchev–Trinajstić information content (AvgIpc) is 3.97. The second kappa shape index (κ2) is 12.3. The molecule has 13 rings (SSSR count). The molecule has 0 spiro atoms. The number of para-hydroxylation sites is 3. The van der Waals surface area contributed by atoms with Gasteiger partial charge in [-0.05, 0) is 71.8 Å². The third-order valence-corrected chi connectivity index (χ3v) is 12.8. The van der Waals surface area contributed by atoms with E-state index in [-0.39, 0.29) is 0 Å². The molecule has 8 heteroatoms. The summed E-state index contributed by atoms with van der Waals surface area (Å²) in [5.41, 5.74) is 13.1. The summed E-state index contributed by atoms with van der Waals surface area (Å²) in [5.74, 6) is 0.598. The first-order chi connectivity index (χ1) is 29.3. The van der Waals surface area contributed by atoms with Crippen LogP contribution in [0.3, 0.4) is 0 Å². The highest BCUT2D eigenvalue weighted by atomic mass is 32.1. The summed E-state index contributed by atoms with van der Waals surface area (Å²) in [6, 6.07) is 55.7. The first-order valence-electron chi connectivity index (χ1n) is 19.6. The minimum Gasteiger partial charge on any atom is -0.309 e. The zero-order chi connectivity index (χ0) is 38.6. The topological polar surface area (TPSA) is 74.3 Å². The van der Waals surface area contributed by atoms with E-state index in [0.29, 0.717) is 5.95 Å². The molecule has 59 heavy (non-hydrogen) atoms. The number of aromatic nitrogens is 7. The molecule has 0 N–H and O–H groups in total. The van der Waals surface area contributed by atoms with Crippen molar-refractivity contribution in [1.82, 2.24) is 34.1 Å². The summed E-state index contributed by atoms with van der Waals surface area (Å²) < 4.78 is 6.77. The van der Waals surface area contributed by atoms with Crippen LogP contribution in [0.1, 0.15) is 0 Å². The Kier molecular flexibility index (Phi) is 6.76. The molecule has 0 atom stereocenters. The zero-order valence-corrected chi connectivity index (χ0v) is 32.1. The fourth-order valence-corrected chi connectivity index (χ4v) is 10.3. The highest BCUT2D eigenvalue weighted by Crippen LogP contribution is 2.47. The van der Waals surface area contributed by atoms with E-state index in [0.717, 1.165) is 92.1 Å². The standard InChI is InChI=1S/C51H29N7S/c1-3-12-30(13-4-1)45-35-17-7-9-18-38(35)55-51(56-45)58-41-24-22-32(31-21-23-40-36(28-31)34-16-8-10-19-39(34)57(40)33-14-5-2-6-15-33)29-37(41)43-47-48(54-27-26-53-47)44-46-42(20-11-25-52-46)59-50(44)49(43)58/h1-29H. The van der Waals surface area contributed by atoms with Crippen molar-refractivity contribution < 1.29 is 0 Å². The quantitative estimate of drug-likeness (QED) is 0.178. The van der Waals surface area contributed by atoms with Gasteiger partial charge >= 0.3 is 0 Å². The molecule has 7 nitrogen and oxygen atoms in total. The predicted octanol–water partition coefficient (Wildman–Crippen LogP) is 12.9. The third-order valence-electron chi connectivity index (χ3n) is 11.7. The summed E-state index contributed by atoms with van der Waals surface area (Å²) in [4.78, 5) is 25.7. The van der Waals surface area contributed by atoms with Crippen LogP contribution >= 0.6 is 11.3 Å². The molecule has 0 aliphatic heterocycles. The molecule has 0 amide bonds. The van der Waals surface area contributed by atoms with Crippen molar-refractivity contribution >= 4 is 97.2 Å². The molecule has 0 aliphatic rings. The Morgan fingerprint density at radius 3 is 1.88 bits per heavy atom. The molecular weight excluding hydrogens is 743 g/mol. The van der Waals surface area contributed by atoms with E-state index < -0.39 is 0 Å². The van der Waals surface area contributed by atoms with Crippen LogP contribution in [-0.2, 0) is 0 Å². The van der Waals surface area contributed by atoms with E-state index in [2.05, 4.69) is 149 Å². The summed E-state index contributed by atoms with van der Waals surface area (Å²) >= 11 is 1.73. The second-order valence-corrected chi connectivity index (χ2v) is 15.9. The van der Waals surface area contributed by atoms with Gasteiger partial charge < -0.3 is 4.57 Å². The van der Waals surface area contributed by atoms with Gasteiger partial charge in [0, 0.05) is 62.2 Å². The minimum absolute atomic E-state index is 0.598. The lowest BCUT2D eigenvalue weighted by atomic mass is 10.00. The van der Waals surface area contributed by atoms with Crippen LogP contribution < -0.4 is 0 Å². The number of rotatable bonds is 4. The summed E-state index contributed by atoms with van der Waals surface area (Å²) in [6.07, 6.45) is 5.43. The van der Waals surface area contributed by atoms with Crippen molar-refractivity contribution in [3.05, 3.63) is 176 Å². The molecule has 7 aromatic carbocycles. The van der Waals surface area contributed by atoms with E-state index in [9.17, 15) is 0 Å². The molecular formula is C51H29N7S. The Labute approximate surface area is 340 Å². The van der Waals surface area contributed by atoms with E-state index in [4.69, 9.17) is 24.9 Å². The first kappa shape index (κ1) is 32.3. The lowest BCUT2D eigenvalue weighted by molar-refractivity contribution is 1.02. The molecule has 13 aromatic rings. The number of benzene rings is 7. The molecule has 0 bridgehead atoms. The van der Waals surface area contributed by atoms with Gasteiger partial charge in [-0.2, -0.15) is 0 Å². The monoisotopic (exact) mass is 771 g/mol. The van der Waals surface area contributed by atoms with Crippen LogP contribution in [0.4, 0.5) is 0 Å². The molecule has 0 aliphatic carbocycles. The van der Waals surface area contributed by atoms with Gasteiger partial charge in [0.2, 0.25) is 5.95 Å². The van der Waals surface area contributed by atoms with Gasteiger partial charge in [0.05, 0.1) is 53.7 Å². The molecule has 0 fully saturated rings. The van der Waals surface area contributed by atoms with Gasteiger partial charge in [-0.25, -0.2) is 9.97 Å². The van der Waals surface area contributed by atoms with Crippen molar-refractivity contribution in [2.24, 2.45) is 0 Å². The number of thiophene rings is 1. The molecule has 274 valence electrons. The molecule has 6 aromatic heterocycles. The number of fused-ring (bicyclic) bond motifs is 14. The van der Waals surface area contributed by atoms with Crippen LogP contribution in [0, 0.1) is 0 Å². The number of nitrogens with zero attached hydrogens (tertiary/aromatic N) is 7. The Bertz CT molecular complexity index is 3850. The van der Waals surface area contributed by atoms with E-state index in [1.165, 1.54) is 21.8 Å². The highest BCUT2D eigenvalue weighted by Gasteiger charge is 2.26. The Morgan fingerprint density at radius 2 is 1.07 bits per heavy atom. The van der Waals surface area contributed by atoms with Gasteiger partial charge in [0.1, 0.15) is 5.52 Å². The van der Waals surface area contributed by atoms with Gasteiger partial charge in [0.15, 0.2) is 0 Å². The number of pyridine rings is 1. The van der Waals surface area contributed by atoms with Crippen LogP contribution in [0.25, 0.3) is 120 Å². The Balaban J connectivity index is 1.15. The smallest absolute Gasteiger partial charge is 0.235 e. The third kappa shape index (κ3) is 4.66. The normalized spacial score (nSPS) is 12.1. The minimum atomic E-state index is 0.598.